The molecule has 0 saturated carbocycles. The van der Waals surface area contributed by atoms with Crippen molar-refractivity contribution in [1.82, 2.24) is 10.3 Å². The number of aromatic nitrogens is 1. The molecule has 0 atom stereocenters. The maximum atomic E-state index is 12.6. The summed E-state index contributed by atoms with van der Waals surface area (Å²) >= 11 is 0. The summed E-state index contributed by atoms with van der Waals surface area (Å²) in [6.07, 6.45) is 2.20. The number of benzene rings is 1. The van der Waals surface area contributed by atoms with E-state index in [1.807, 2.05) is 26.1 Å². The number of hydrogen-bond donors (Lipinski definition) is 2. The van der Waals surface area contributed by atoms with Crippen LogP contribution in [0.15, 0.2) is 47.5 Å². The lowest BCUT2D eigenvalue weighted by atomic mass is 10.1. The number of hydrogen-bond acceptors (Lipinski definition) is 4. The lowest BCUT2D eigenvalue weighted by molar-refractivity contribution is 0.599. The summed E-state index contributed by atoms with van der Waals surface area (Å²) in [6, 6.07) is 10.6. The van der Waals surface area contributed by atoms with Gasteiger partial charge in [0.05, 0.1) is 4.90 Å². The van der Waals surface area contributed by atoms with Gasteiger partial charge < -0.3 is 5.32 Å². The minimum Gasteiger partial charge on any atom is -0.316 e. The van der Waals surface area contributed by atoms with Crippen molar-refractivity contribution in [3.63, 3.8) is 0 Å². The molecule has 1 aromatic heterocycles. The van der Waals surface area contributed by atoms with Crippen molar-refractivity contribution in [2.24, 2.45) is 0 Å². The Kier molecular flexibility index (Phi) is 4.93. The number of rotatable bonds is 6. The van der Waals surface area contributed by atoms with Crippen LogP contribution >= 0.6 is 0 Å². The average Bonchev–Trinajstić information content (AvgIpc) is 2.48. The minimum absolute atomic E-state index is 0.309. The van der Waals surface area contributed by atoms with Crippen LogP contribution < -0.4 is 10.0 Å². The standard InChI is InChI=1S/C15H19N3O2S/c1-3-13-8-7-12(11-16-2)10-14(13)21(19,20)18-15-6-4-5-9-17-15/h4-10,16H,3,11H2,1-2H3,(H,17,18). The number of sulfonamides is 1. The van der Waals surface area contributed by atoms with E-state index >= 15 is 0 Å². The molecule has 0 amide bonds. The van der Waals surface area contributed by atoms with Gasteiger partial charge in [-0.05, 0) is 42.8 Å². The summed E-state index contributed by atoms with van der Waals surface area (Å²) in [4.78, 5) is 4.31. The van der Waals surface area contributed by atoms with E-state index in [2.05, 4.69) is 15.0 Å². The first-order chi connectivity index (χ1) is 10.1. The monoisotopic (exact) mass is 305 g/mol. The molecule has 1 heterocycles. The fraction of sp³-hybridized carbons (Fsp3) is 0.267. The van der Waals surface area contributed by atoms with E-state index in [0.29, 0.717) is 23.7 Å². The smallest absolute Gasteiger partial charge is 0.263 e. The number of nitrogens with one attached hydrogen (secondary N) is 2. The summed E-state index contributed by atoms with van der Waals surface area (Å²) in [7, 11) is -1.81. The molecule has 112 valence electrons. The molecule has 0 unspecified atom stereocenters. The lowest BCUT2D eigenvalue weighted by Gasteiger charge is -2.12. The molecule has 6 heteroatoms. The van der Waals surface area contributed by atoms with Crippen molar-refractivity contribution < 1.29 is 8.42 Å². The SMILES string of the molecule is CCc1ccc(CNC)cc1S(=O)(=O)Nc1ccccn1. The molecular formula is C15H19N3O2S. The number of anilines is 1. The molecule has 0 spiro atoms. The Balaban J connectivity index is 2.40. The fourth-order valence-electron chi connectivity index (χ4n) is 2.07. The molecule has 0 aliphatic heterocycles. The average molecular weight is 305 g/mol. The topological polar surface area (TPSA) is 71.1 Å². The van der Waals surface area contributed by atoms with Gasteiger partial charge in [-0.1, -0.05) is 25.1 Å². The molecule has 0 radical (unpaired) electrons. The highest BCUT2D eigenvalue weighted by Gasteiger charge is 2.19. The predicted octanol–water partition coefficient (Wildman–Crippen LogP) is 2.16. The Labute approximate surface area is 125 Å². The van der Waals surface area contributed by atoms with Gasteiger partial charge in [0.25, 0.3) is 10.0 Å². The Hall–Kier alpha value is -1.92. The third-order valence-electron chi connectivity index (χ3n) is 3.09. The molecular weight excluding hydrogens is 286 g/mol. The molecule has 0 fully saturated rings. The van der Waals surface area contributed by atoms with E-state index in [1.54, 1.807) is 30.5 Å². The molecule has 0 aliphatic carbocycles. The van der Waals surface area contributed by atoms with Crippen LogP contribution in [0.5, 0.6) is 0 Å². The van der Waals surface area contributed by atoms with E-state index < -0.39 is 10.0 Å². The van der Waals surface area contributed by atoms with Crippen LogP contribution in [0.3, 0.4) is 0 Å². The number of nitrogens with zero attached hydrogens (tertiary/aromatic N) is 1. The summed E-state index contributed by atoms with van der Waals surface area (Å²) in [5, 5.41) is 3.02. The highest BCUT2D eigenvalue weighted by atomic mass is 32.2. The molecule has 0 aliphatic rings. The van der Waals surface area contributed by atoms with Gasteiger partial charge in [0, 0.05) is 12.7 Å². The second-order valence-electron chi connectivity index (χ2n) is 4.65. The molecule has 0 bridgehead atoms. The van der Waals surface area contributed by atoms with E-state index in [9.17, 15) is 8.42 Å². The second-order valence-corrected chi connectivity index (χ2v) is 6.30. The Morgan fingerprint density at radius 1 is 1.19 bits per heavy atom. The molecule has 2 N–H and O–H groups in total. The van der Waals surface area contributed by atoms with Crippen LogP contribution in [-0.2, 0) is 23.0 Å². The molecule has 1 aromatic carbocycles. The van der Waals surface area contributed by atoms with Gasteiger partial charge in [0.1, 0.15) is 5.82 Å². The summed E-state index contributed by atoms with van der Waals surface area (Å²) in [5.74, 6) is 0.318. The second kappa shape index (κ2) is 6.69. The Morgan fingerprint density at radius 3 is 2.62 bits per heavy atom. The van der Waals surface area contributed by atoms with Gasteiger partial charge in [0.15, 0.2) is 0 Å². The molecule has 5 nitrogen and oxygen atoms in total. The third-order valence-corrected chi connectivity index (χ3v) is 4.52. The molecule has 2 aromatic rings. The van der Waals surface area contributed by atoms with Crippen molar-refractivity contribution in [3.8, 4) is 0 Å². The maximum Gasteiger partial charge on any atom is 0.263 e. The first kappa shape index (κ1) is 15.5. The van der Waals surface area contributed by atoms with Crippen LogP contribution in [-0.4, -0.2) is 20.4 Å². The number of aryl methyl sites for hydroxylation is 1. The van der Waals surface area contributed by atoms with Gasteiger partial charge in [-0.25, -0.2) is 13.4 Å². The van der Waals surface area contributed by atoms with Crippen LogP contribution in [0.4, 0.5) is 5.82 Å². The maximum absolute atomic E-state index is 12.6. The van der Waals surface area contributed by atoms with Crippen molar-refractivity contribution >= 4 is 15.8 Å². The highest BCUT2D eigenvalue weighted by Crippen LogP contribution is 2.21. The van der Waals surface area contributed by atoms with E-state index in [0.717, 1.165) is 11.1 Å². The molecule has 21 heavy (non-hydrogen) atoms. The first-order valence-corrected chi connectivity index (χ1v) is 8.25. The Morgan fingerprint density at radius 2 is 2.00 bits per heavy atom. The number of pyridine rings is 1. The van der Waals surface area contributed by atoms with Gasteiger partial charge in [-0.3, -0.25) is 4.72 Å². The molecule has 2 rings (SSSR count). The van der Waals surface area contributed by atoms with Gasteiger partial charge in [-0.2, -0.15) is 0 Å². The van der Waals surface area contributed by atoms with Gasteiger partial charge in [0.2, 0.25) is 0 Å². The zero-order chi connectivity index (χ0) is 15.3. The summed E-state index contributed by atoms with van der Waals surface area (Å²) < 4.78 is 27.7. The van der Waals surface area contributed by atoms with E-state index in [4.69, 9.17) is 0 Å². The zero-order valence-corrected chi connectivity index (χ0v) is 12.9. The normalized spacial score (nSPS) is 11.3. The van der Waals surface area contributed by atoms with Crippen LogP contribution in [0.1, 0.15) is 18.1 Å². The van der Waals surface area contributed by atoms with Crippen LogP contribution in [0.25, 0.3) is 0 Å². The van der Waals surface area contributed by atoms with Crippen molar-refractivity contribution in [1.29, 1.82) is 0 Å². The highest BCUT2D eigenvalue weighted by molar-refractivity contribution is 7.92. The quantitative estimate of drug-likeness (QED) is 0.858. The van der Waals surface area contributed by atoms with Crippen molar-refractivity contribution in [3.05, 3.63) is 53.7 Å². The van der Waals surface area contributed by atoms with Crippen LogP contribution in [0.2, 0.25) is 0 Å². The molecule has 0 saturated heterocycles. The zero-order valence-electron chi connectivity index (χ0n) is 12.1. The van der Waals surface area contributed by atoms with E-state index in [1.165, 1.54) is 0 Å². The van der Waals surface area contributed by atoms with E-state index in [-0.39, 0.29) is 0 Å². The Bertz CT molecular complexity index is 700. The fourth-order valence-corrected chi connectivity index (χ4v) is 3.44. The summed E-state index contributed by atoms with van der Waals surface area (Å²) in [6.45, 7) is 2.56. The van der Waals surface area contributed by atoms with Gasteiger partial charge >= 0.3 is 0 Å². The predicted molar refractivity (Wildman–Crippen MR) is 83.6 cm³/mol. The minimum atomic E-state index is -3.64. The first-order valence-electron chi connectivity index (χ1n) is 6.77. The third kappa shape index (κ3) is 3.80. The van der Waals surface area contributed by atoms with Crippen LogP contribution in [0, 0.1) is 0 Å². The summed E-state index contributed by atoms with van der Waals surface area (Å²) in [5.41, 5.74) is 1.72. The van der Waals surface area contributed by atoms with Crippen molar-refractivity contribution in [2.45, 2.75) is 24.8 Å². The largest absolute Gasteiger partial charge is 0.316 e. The van der Waals surface area contributed by atoms with Gasteiger partial charge in [-0.15, -0.1) is 0 Å². The lowest BCUT2D eigenvalue weighted by Crippen LogP contribution is -2.16. The van der Waals surface area contributed by atoms with Crippen molar-refractivity contribution in [2.75, 3.05) is 11.8 Å².